The van der Waals surface area contributed by atoms with Crippen LogP contribution in [0.5, 0.6) is 5.75 Å². The van der Waals surface area contributed by atoms with Crippen molar-refractivity contribution in [1.29, 1.82) is 0 Å². The quantitative estimate of drug-likeness (QED) is 0.911. The molecule has 122 valence electrons. The van der Waals surface area contributed by atoms with E-state index in [1.807, 2.05) is 0 Å². The van der Waals surface area contributed by atoms with Crippen molar-refractivity contribution in [1.82, 2.24) is 15.1 Å². The zero-order valence-corrected chi connectivity index (χ0v) is 12.9. The van der Waals surface area contributed by atoms with Gasteiger partial charge in [-0.05, 0) is 25.1 Å². The van der Waals surface area contributed by atoms with Gasteiger partial charge in [-0.1, -0.05) is 0 Å². The molecule has 1 aromatic rings. The summed E-state index contributed by atoms with van der Waals surface area (Å²) < 4.78 is 32.7. The Bertz CT molecular complexity index is 512. The molecule has 3 rings (SSSR count). The first-order chi connectivity index (χ1) is 10.7. The summed E-state index contributed by atoms with van der Waals surface area (Å²) in [6.07, 6.45) is 1.20. The summed E-state index contributed by atoms with van der Waals surface area (Å²) in [5.74, 6) is -1.19. The van der Waals surface area contributed by atoms with Crippen molar-refractivity contribution in [2.24, 2.45) is 0 Å². The average Bonchev–Trinajstić information content (AvgIpc) is 3.07. The summed E-state index contributed by atoms with van der Waals surface area (Å²) in [6.45, 7) is 6.24. The second kappa shape index (κ2) is 6.89. The standard InChI is InChI=1S/C16H23F2N3O/c1-22-15-3-2-14(17)16(18)13(15)11-20-6-8-21(9-7-20)12-4-5-19-10-12/h2-3,12,19H,4-11H2,1H3/t12-/m1/s1. The van der Waals surface area contributed by atoms with Crippen LogP contribution in [-0.2, 0) is 6.54 Å². The van der Waals surface area contributed by atoms with Gasteiger partial charge in [-0.3, -0.25) is 9.80 Å². The molecule has 22 heavy (non-hydrogen) atoms. The summed E-state index contributed by atoms with van der Waals surface area (Å²) in [7, 11) is 1.49. The number of ether oxygens (including phenoxy) is 1. The van der Waals surface area contributed by atoms with Crippen LogP contribution in [0.2, 0.25) is 0 Å². The van der Waals surface area contributed by atoms with Gasteiger partial charge >= 0.3 is 0 Å². The molecule has 4 nitrogen and oxygen atoms in total. The molecule has 0 amide bonds. The van der Waals surface area contributed by atoms with E-state index in [4.69, 9.17) is 4.74 Å². The van der Waals surface area contributed by atoms with Gasteiger partial charge < -0.3 is 10.1 Å². The Morgan fingerprint density at radius 3 is 2.64 bits per heavy atom. The number of nitrogens with zero attached hydrogens (tertiary/aromatic N) is 2. The van der Waals surface area contributed by atoms with Gasteiger partial charge in [-0.2, -0.15) is 0 Å². The highest BCUT2D eigenvalue weighted by atomic mass is 19.2. The van der Waals surface area contributed by atoms with Crippen molar-refractivity contribution in [3.63, 3.8) is 0 Å². The topological polar surface area (TPSA) is 27.7 Å². The van der Waals surface area contributed by atoms with Crippen molar-refractivity contribution in [3.8, 4) is 5.75 Å². The van der Waals surface area contributed by atoms with Crippen LogP contribution in [0.1, 0.15) is 12.0 Å². The minimum atomic E-state index is -0.813. The monoisotopic (exact) mass is 311 g/mol. The molecule has 0 saturated carbocycles. The Hall–Kier alpha value is -1.24. The average molecular weight is 311 g/mol. The lowest BCUT2D eigenvalue weighted by atomic mass is 10.1. The van der Waals surface area contributed by atoms with Gasteiger partial charge in [-0.15, -0.1) is 0 Å². The lowest BCUT2D eigenvalue weighted by Crippen LogP contribution is -2.50. The molecule has 1 atom stereocenters. The Kier molecular flexibility index (Phi) is 4.90. The van der Waals surface area contributed by atoms with E-state index >= 15 is 0 Å². The lowest BCUT2D eigenvalue weighted by Gasteiger charge is -2.38. The SMILES string of the molecule is COc1ccc(F)c(F)c1CN1CCN([C@@H]2CCNC2)CC1. The van der Waals surface area contributed by atoms with Crippen LogP contribution in [0.3, 0.4) is 0 Å². The minimum absolute atomic E-state index is 0.318. The van der Waals surface area contributed by atoms with Crippen LogP contribution in [0.4, 0.5) is 8.78 Å². The zero-order chi connectivity index (χ0) is 15.5. The van der Waals surface area contributed by atoms with E-state index in [1.54, 1.807) is 0 Å². The number of benzene rings is 1. The summed E-state index contributed by atoms with van der Waals surface area (Å²) in [5.41, 5.74) is 0.318. The normalized spacial score (nSPS) is 23.9. The predicted octanol–water partition coefficient (Wildman–Crippen LogP) is 1.45. The molecular formula is C16H23F2N3O. The second-order valence-electron chi connectivity index (χ2n) is 6.00. The number of halogens is 2. The van der Waals surface area contributed by atoms with E-state index in [9.17, 15) is 8.78 Å². The number of methoxy groups -OCH3 is 1. The van der Waals surface area contributed by atoms with E-state index in [1.165, 1.54) is 19.6 Å². The van der Waals surface area contributed by atoms with Gasteiger partial charge in [0.2, 0.25) is 0 Å². The molecule has 2 fully saturated rings. The summed E-state index contributed by atoms with van der Waals surface area (Å²) in [4.78, 5) is 4.66. The Labute approximate surface area is 130 Å². The number of piperazine rings is 1. The molecule has 1 N–H and O–H groups in total. The predicted molar refractivity (Wildman–Crippen MR) is 81.0 cm³/mol. The van der Waals surface area contributed by atoms with Crippen molar-refractivity contribution < 1.29 is 13.5 Å². The fourth-order valence-corrected chi connectivity index (χ4v) is 3.37. The third-order valence-corrected chi connectivity index (χ3v) is 4.71. The molecule has 2 heterocycles. The number of nitrogens with one attached hydrogen (secondary N) is 1. The highest BCUT2D eigenvalue weighted by Gasteiger charge is 2.27. The Balaban J connectivity index is 1.62. The molecule has 0 unspecified atom stereocenters. The number of rotatable bonds is 4. The number of hydrogen-bond donors (Lipinski definition) is 1. The van der Waals surface area contributed by atoms with E-state index in [-0.39, 0.29) is 0 Å². The molecule has 6 heteroatoms. The fourth-order valence-electron chi connectivity index (χ4n) is 3.37. The first-order valence-corrected chi connectivity index (χ1v) is 7.87. The molecule has 0 aromatic heterocycles. The van der Waals surface area contributed by atoms with Gasteiger partial charge in [0.1, 0.15) is 5.75 Å². The van der Waals surface area contributed by atoms with Crippen LogP contribution < -0.4 is 10.1 Å². The lowest BCUT2D eigenvalue weighted by molar-refractivity contribution is 0.0966. The molecule has 0 aliphatic carbocycles. The smallest absolute Gasteiger partial charge is 0.167 e. The van der Waals surface area contributed by atoms with E-state index in [0.717, 1.165) is 45.3 Å². The van der Waals surface area contributed by atoms with Gasteiger partial charge in [0.25, 0.3) is 0 Å². The third kappa shape index (κ3) is 3.24. The van der Waals surface area contributed by atoms with E-state index < -0.39 is 11.6 Å². The van der Waals surface area contributed by atoms with Crippen molar-refractivity contribution in [2.75, 3.05) is 46.4 Å². The van der Waals surface area contributed by atoms with Gasteiger partial charge in [0.05, 0.1) is 7.11 Å². The van der Waals surface area contributed by atoms with Crippen LogP contribution >= 0.6 is 0 Å². The van der Waals surface area contributed by atoms with Crippen LogP contribution in [0, 0.1) is 11.6 Å². The van der Waals surface area contributed by atoms with Crippen LogP contribution in [0.25, 0.3) is 0 Å². The Morgan fingerprint density at radius 1 is 1.23 bits per heavy atom. The maximum absolute atomic E-state index is 14.0. The first kappa shape index (κ1) is 15.6. The molecular weight excluding hydrogens is 288 g/mol. The minimum Gasteiger partial charge on any atom is -0.496 e. The van der Waals surface area contributed by atoms with Gasteiger partial charge in [0, 0.05) is 50.9 Å². The molecule has 2 aliphatic rings. The van der Waals surface area contributed by atoms with Gasteiger partial charge in [0.15, 0.2) is 11.6 Å². The molecule has 0 radical (unpaired) electrons. The van der Waals surface area contributed by atoms with E-state index in [2.05, 4.69) is 15.1 Å². The fraction of sp³-hybridized carbons (Fsp3) is 0.625. The van der Waals surface area contributed by atoms with Crippen LogP contribution in [0.15, 0.2) is 12.1 Å². The summed E-state index contributed by atoms with van der Waals surface area (Å²) in [5, 5.41) is 3.39. The molecule has 2 saturated heterocycles. The second-order valence-corrected chi connectivity index (χ2v) is 6.00. The third-order valence-electron chi connectivity index (χ3n) is 4.71. The molecule has 0 bridgehead atoms. The molecule has 0 spiro atoms. The highest BCUT2D eigenvalue weighted by molar-refractivity contribution is 5.35. The highest BCUT2D eigenvalue weighted by Crippen LogP contribution is 2.25. The van der Waals surface area contributed by atoms with Gasteiger partial charge in [-0.25, -0.2) is 8.78 Å². The van der Waals surface area contributed by atoms with Crippen molar-refractivity contribution >= 4 is 0 Å². The maximum Gasteiger partial charge on any atom is 0.167 e. The van der Waals surface area contributed by atoms with Crippen molar-refractivity contribution in [3.05, 3.63) is 29.3 Å². The molecule has 1 aromatic carbocycles. The molecule has 2 aliphatic heterocycles. The zero-order valence-electron chi connectivity index (χ0n) is 12.9. The Morgan fingerprint density at radius 2 is 2.00 bits per heavy atom. The largest absolute Gasteiger partial charge is 0.496 e. The maximum atomic E-state index is 14.0. The number of hydrogen-bond acceptors (Lipinski definition) is 4. The van der Waals surface area contributed by atoms with E-state index in [0.29, 0.717) is 23.9 Å². The first-order valence-electron chi connectivity index (χ1n) is 7.87. The summed E-state index contributed by atoms with van der Waals surface area (Å²) in [6, 6.07) is 3.24. The van der Waals surface area contributed by atoms with Crippen LogP contribution in [-0.4, -0.2) is 62.2 Å². The summed E-state index contributed by atoms with van der Waals surface area (Å²) >= 11 is 0. The van der Waals surface area contributed by atoms with Crippen molar-refractivity contribution in [2.45, 2.75) is 19.0 Å².